The summed E-state index contributed by atoms with van der Waals surface area (Å²) >= 11 is 0. The predicted octanol–water partition coefficient (Wildman–Crippen LogP) is -5.40. The molecule has 0 spiro atoms. The molecule has 2 heterocycles. The van der Waals surface area contributed by atoms with E-state index in [2.05, 4.69) is 0 Å². The first-order valence-electron chi connectivity index (χ1n) is 7.07. The molecule has 11 nitrogen and oxygen atoms in total. The number of rotatable bonds is 4. The summed E-state index contributed by atoms with van der Waals surface area (Å²) in [5, 5.41) is 76.1. The van der Waals surface area contributed by atoms with Crippen LogP contribution in [0.3, 0.4) is 0 Å². The minimum atomic E-state index is -1.74. The van der Waals surface area contributed by atoms with Crippen molar-refractivity contribution < 1.29 is 55.1 Å². The molecule has 0 aliphatic carbocycles. The number of aliphatic hydroxyl groups is 8. The van der Waals surface area contributed by atoms with Crippen LogP contribution in [0.2, 0.25) is 0 Å². The van der Waals surface area contributed by atoms with E-state index in [0.717, 1.165) is 0 Å². The highest BCUT2D eigenvalue weighted by Crippen LogP contribution is 2.24. The summed E-state index contributed by atoms with van der Waals surface area (Å²) in [4.78, 5) is 0. The zero-order valence-corrected chi connectivity index (χ0v) is 12.0. The molecule has 0 aromatic heterocycles. The molecule has 0 unspecified atom stereocenters. The van der Waals surface area contributed by atoms with Crippen molar-refractivity contribution in [1.82, 2.24) is 0 Å². The third-order valence-electron chi connectivity index (χ3n) is 3.96. The summed E-state index contributed by atoms with van der Waals surface area (Å²) < 4.78 is 15.1. The Bertz CT molecular complexity index is 380. The van der Waals surface area contributed by atoms with Crippen molar-refractivity contribution in [2.24, 2.45) is 0 Å². The molecule has 0 saturated carbocycles. The van der Waals surface area contributed by atoms with Gasteiger partial charge in [0.1, 0.15) is 48.8 Å². The van der Waals surface area contributed by atoms with Crippen LogP contribution in [0.1, 0.15) is 0 Å². The maximum absolute atomic E-state index is 9.78. The summed E-state index contributed by atoms with van der Waals surface area (Å²) in [5.41, 5.74) is 0. The molecule has 0 aromatic carbocycles. The van der Waals surface area contributed by atoms with Crippen molar-refractivity contribution in [3.63, 3.8) is 0 Å². The third-order valence-corrected chi connectivity index (χ3v) is 3.96. The molecule has 2 fully saturated rings. The molecule has 8 N–H and O–H groups in total. The minimum absolute atomic E-state index is 0.468. The average Bonchev–Trinajstić information content (AvgIpc) is 2.54. The Morgan fingerprint density at radius 2 is 1.22 bits per heavy atom. The number of ether oxygens (including phenoxy) is 3. The van der Waals surface area contributed by atoms with Crippen molar-refractivity contribution >= 4 is 0 Å². The lowest BCUT2D eigenvalue weighted by Gasteiger charge is -2.41. The van der Waals surface area contributed by atoms with Crippen LogP contribution in [0.4, 0.5) is 0 Å². The van der Waals surface area contributed by atoms with E-state index in [-0.39, 0.29) is 0 Å². The van der Waals surface area contributed by atoms with Crippen LogP contribution in [0, 0.1) is 0 Å². The van der Waals surface area contributed by atoms with Crippen molar-refractivity contribution in [1.29, 1.82) is 0 Å². The van der Waals surface area contributed by atoms with Gasteiger partial charge in [0.05, 0.1) is 13.2 Å². The van der Waals surface area contributed by atoms with E-state index < -0.39 is 74.6 Å². The van der Waals surface area contributed by atoms with E-state index in [0.29, 0.717) is 0 Å². The summed E-state index contributed by atoms with van der Waals surface area (Å²) in [6.07, 6.45) is -15.3. The van der Waals surface area contributed by atoms with Crippen LogP contribution >= 0.6 is 0 Å². The Morgan fingerprint density at radius 3 is 1.83 bits per heavy atom. The highest BCUT2D eigenvalue weighted by Gasteiger charge is 2.46. The molecule has 10 atom stereocenters. The third kappa shape index (κ3) is 3.81. The molecule has 0 amide bonds. The number of hydrogen-bond donors (Lipinski definition) is 8. The first-order chi connectivity index (χ1) is 10.8. The van der Waals surface area contributed by atoms with E-state index in [9.17, 15) is 35.7 Å². The zero-order valence-electron chi connectivity index (χ0n) is 12.0. The van der Waals surface area contributed by atoms with Gasteiger partial charge in [-0.2, -0.15) is 0 Å². The molecule has 0 radical (unpaired) electrons. The largest absolute Gasteiger partial charge is 0.394 e. The molecule has 0 aromatic rings. The van der Waals surface area contributed by atoms with Gasteiger partial charge in [-0.25, -0.2) is 0 Å². The topological polar surface area (TPSA) is 190 Å². The molecular formula is C12H22O11. The summed E-state index contributed by atoms with van der Waals surface area (Å²) in [7, 11) is 0. The van der Waals surface area contributed by atoms with Crippen LogP contribution in [0.5, 0.6) is 0 Å². The van der Waals surface area contributed by atoms with Crippen LogP contribution < -0.4 is 0 Å². The van der Waals surface area contributed by atoms with Crippen LogP contribution in [-0.4, -0.2) is 115 Å². The Labute approximate surface area is 130 Å². The Morgan fingerprint density at radius 1 is 0.652 bits per heavy atom. The minimum Gasteiger partial charge on any atom is -0.394 e. The second-order valence-corrected chi connectivity index (χ2v) is 5.57. The van der Waals surface area contributed by atoms with E-state index in [1.165, 1.54) is 0 Å². The summed E-state index contributed by atoms with van der Waals surface area (Å²) in [5.74, 6) is 0. The lowest BCUT2D eigenvalue weighted by Crippen LogP contribution is -2.61. The Kier molecular flexibility index (Phi) is 6.27. The van der Waals surface area contributed by atoms with Gasteiger partial charge in [0.2, 0.25) is 0 Å². The van der Waals surface area contributed by atoms with Gasteiger partial charge in [-0.1, -0.05) is 0 Å². The molecule has 2 saturated heterocycles. The SMILES string of the molecule is OC[C@@H]1O[C@H](OC[C@H]2O[C@@H](O)[C@@H](O)[C@@H](O)[C@@H]2O)[C@@H](O)[C@@H](O)[C@@H]1O. The van der Waals surface area contributed by atoms with Gasteiger partial charge >= 0.3 is 0 Å². The van der Waals surface area contributed by atoms with Gasteiger partial charge in [-0.05, 0) is 0 Å². The second-order valence-electron chi connectivity index (χ2n) is 5.57. The number of hydrogen-bond acceptors (Lipinski definition) is 11. The fourth-order valence-electron chi connectivity index (χ4n) is 2.46. The standard InChI is InChI=1S/C12H22O11/c13-1-3-5(14)8(17)10(19)12(23-3)21-2-4-6(15)7(16)9(18)11(20)22-4/h3-20H,1-2H2/t3-,4+,5+,6+,7-,8-,9-,10-,11+,12-/m0/s1. The van der Waals surface area contributed by atoms with Gasteiger partial charge in [0, 0.05) is 0 Å². The molecule has 2 rings (SSSR count). The van der Waals surface area contributed by atoms with Crippen molar-refractivity contribution in [3.8, 4) is 0 Å². The van der Waals surface area contributed by atoms with Gasteiger partial charge in [0.25, 0.3) is 0 Å². The maximum atomic E-state index is 9.78. The zero-order chi connectivity index (χ0) is 17.3. The summed E-state index contributed by atoms with van der Waals surface area (Å²) in [6, 6.07) is 0. The molecule has 2 aliphatic rings. The van der Waals surface area contributed by atoms with Gasteiger partial charge in [-0.3, -0.25) is 0 Å². The van der Waals surface area contributed by atoms with Crippen LogP contribution in [0.25, 0.3) is 0 Å². The summed E-state index contributed by atoms with van der Waals surface area (Å²) in [6.45, 7) is -1.10. The molecule has 23 heavy (non-hydrogen) atoms. The quantitative estimate of drug-likeness (QED) is 0.243. The monoisotopic (exact) mass is 342 g/mol. The Hall–Kier alpha value is -0.440. The molecule has 2 aliphatic heterocycles. The van der Waals surface area contributed by atoms with Crippen LogP contribution in [0.15, 0.2) is 0 Å². The van der Waals surface area contributed by atoms with Gasteiger partial charge in [0.15, 0.2) is 12.6 Å². The van der Waals surface area contributed by atoms with Gasteiger partial charge in [-0.15, -0.1) is 0 Å². The fraction of sp³-hybridized carbons (Fsp3) is 1.00. The molecule has 0 bridgehead atoms. The van der Waals surface area contributed by atoms with E-state index >= 15 is 0 Å². The van der Waals surface area contributed by atoms with E-state index in [1.54, 1.807) is 0 Å². The first kappa shape index (κ1) is 18.9. The van der Waals surface area contributed by atoms with Crippen LogP contribution in [-0.2, 0) is 14.2 Å². The van der Waals surface area contributed by atoms with E-state index in [1.807, 2.05) is 0 Å². The Balaban J connectivity index is 1.94. The van der Waals surface area contributed by atoms with Crippen molar-refractivity contribution in [2.45, 2.75) is 61.4 Å². The lowest BCUT2D eigenvalue weighted by molar-refractivity contribution is -0.325. The van der Waals surface area contributed by atoms with Crippen molar-refractivity contribution in [3.05, 3.63) is 0 Å². The smallest absolute Gasteiger partial charge is 0.186 e. The molecule has 136 valence electrons. The second kappa shape index (κ2) is 7.63. The first-order valence-corrected chi connectivity index (χ1v) is 7.07. The maximum Gasteiger partial charge on any atom is 0.186 e. The predicted molar refractivity (Wildman–Crippen MR) is 68.6 cm³/mol. The number of aliphatic hydroxyl groups excluding tert-OH is 8. The fourth-order valence-corrected chi connectivity index (χ4v) is 2.46. The molecular weight excluding hydrogens is 320 g/mol. The highest BCUT2D eigenvalue weighted by molar-refractivity contribution is 4.91. The highest BCUT2D eigenvalue weighted by atomic mass is 16.7. The molecule has 11 heteroatoms. The normalized spacial score (nSPS) is 51.7. The van der Waals surface area contributed by atoms with E-state index in [4.69, 9.17) is 19.3 Å². The van der Waals surface area contributed by atoms with Crippen molar-refractivity contribution in [2.75, 3.05) is 13.2 Å². The lowest BCUT2D eigenvalue weighted by atomic mass is 9.98. The van der Waals surface area contributed by atoms with Gasteiger partial charge < -0.3 is 55.1 Å². The average molecular weight is 342 g/mol.